The Bertz CT molecular complexity index is 587. The van der Waals surface area contributed by atoms with Gasteiger partial charge in [-0.2, -0.15) is 0 Å². The van der Waals surface area contributed by atoms with Crippen LogP contribution >= 0.6 is 11.6 Å². The summed E-state index contributed by atoms with van der Waals surface area (Å²) in [6.45, 7) is 8.64. The van der Waals surface area contributed by atoms with E-state index in [4.69, 9.17) is 16.3 Å². The Kier molecular flexibility index (Phi) is 5.75. The van der Waals surface area contributed by atoms with Crippen molar-refractivity contribution in [3.05, 3.63) is 29.8 Å². The fourth-order valence-corrected chi connectivity index (χ4v) is 3.03. The number of rotatable bonds is 2. The van der Waals surface area contributed by atoms with Crippen LogP contribution in [0.15, 0.2) is 24.3 Å². The van der Waals surface area contributed by atoms with Crippen LogP contribution in [0, 0.1) is 6.92 Å². The minimum absolute atomic E-state index is 0.0172. The second-order valence-electron chi connectivity index (χ2n) is 7.16. The summed E-state index contributed by atoms with van der Waals surface area (Å²) in [5.41, 5.74) is 1.41. The predicted octanol–water partition coefficient (Wildman–Crippen LogP) is 4.56. The van der Waals surface area contributed by atoms with Gasteiger partial charge in [-0.3, -0.25) is 9.69 Å². The van der Waals surface area contributed by atoms with Crippen LogP contribution in [0.4, 0.5) is 15.3 Å². The number of hydrogen-bond donors (Lipinski definition) is 0. The molecule has 2 amide bonds. The molecule has 1 aromatic rings. The van der Waals surface area contributed by atoms with Gasteiger partial charge in [0, 0.05) is 24.8 Å². The number of anilines is 1. The van der Waals surface area contributed by atoms with Crippen molar-refractivity contribution in [2.75, 3.05) is 18.0 Å². The zero-order chi connectivity index (χ0) is 17.9. The molecule has 0 aromatic heterocycles. The molecular weight excluding hydrogens is 328 g/mol. The highest BCUT2D eigenvalue weighted by Gasteiger charge is 2.31. The fraction of sp³-hybridized carbons (Fsp3) is 0.556. The molecule has 24 heavy (non-hydrogen) atoms. The summed E-state index contributed by atoms with van der Waals surface area (Å²) in [7, 11) is 0. The first-order chi connectivity index (χ1) is 11.2. The number of carbonyl (C=O) groups excluding carboxylic acids is 2. The molecule has 2 rings (SSSR count). The number of benzene rings is 1. The van der Waals surface area contributed by atoms with Crippen molar-refractivity contribution in [3.8, 4) is 0 Å². The van der Waals surface area contributed by atoms with E-state index in [1.54, 1.807) is 9.80 Å². The molecule has 0 bridgehead atoms. The van der Waals surface area contributed by atoms with E-state index in [9.17, 15) is 9.59 Å². The summed E-state index contributed by atoms with van der Waals surface area (Å²) in [4.78, 5) is 27.4. The molecule has 5 nitrogen and oxygen atoms in total. The van der Waals surface area contributed by atoms with Crippen LogP contribution in [0.25, 0.3) is 0 Å². The molecule has 0 atom stereocenters. The summed E-state index contributed by atoms with van der Waals surface area (Å²) >= 11 is 5.82. The van der Waals surface area contributed by atoms with E-state index in [1.165, 1.54) is 0 Å². The van der Waals surface area contributed by atoms with Crippen molar-refractivity contribution in [1.82, 2.24) is 4.90 Å². The van der Waals surface area contributed by atoms with E-state index in [0.717, 1.165) is 11.3 Å². The van der Waals surface area contributed by atoms with E-state index in [2.05, 4.69) is 0 Å². The Morgan fingerprint density at radius 2 is 1.71 bits per heavy atom. The highest BCUT2D eigenvalue weighted by Crippen LogP contribution is 2.26. The maximum atomic E-state index is 12.1. The number of amides is 2. The van der Waals surface area contributed by atoms with Crippen LogP contribution in [0.3, 0.4) is 0 Å². The van der Waals surface area contributed by atoms with Gasteiger partial charge in [-0.25, -0.2) is 4.79 Å². The van der Waals surface area contributed by atoms with E-state index in [0.29, 0.717) is 25.9 Å². The topological polar surface area (TPSA) is 49.9 Å². The summed E-state index contributed by atoms with van der Waals surface area (Å²) < 4.78 is 5.40. The van der Waals surface area contributed by atoms with E-state index >= 15 is 0 Å². The largest absolute Gasteiger partial charge is 0.444 e. The number of halogens is 1. The highest BCUT2D eigenvalue weighted by atomic mass is 35.5. The second kappa shape index (κ2) is 7.43. The zero-order valence-corrected chi connectivity index (χ0v) is 15.5. The molecule has 6 heteroatoms. The lowest BCUT2D eigenvalue weighted by atomic mass is 10.0. The van der Waals surface area contributed by atoms with Crippen LogP contribution in [-0.4, -0.2) is 41.1 Å². The van der Waals surface area contributed by atoms with Gasteiger partial charge in [0.2, 0.25) is 0 Å². The van der Waals surface area contributed by atoms with Crippen molar-refractivity contribution in [2.45, 2.75) is 52.2 Å². The summed E-state index contributed by atoms with van der Waals surface area (Å²) in [5, 5.41) is -0.491. The maximum Gasteiger partial charge on any atom is 0.410 e. The first-order valence-electron chi connectivity index (χ1n) is 8.20. The van der Waals surface area contributed by atoms with Crippen LogP contribution in [-0.2, 0) is 4.74 Å². The smallest absolute Gasteiger partial charge is 0.410 e. The summed E-state index contributed by atoms with van der Waals surface area (Å²) in [5.74, 6) is 0. The normalized spacial score (nSPS) is 16.0. The number of hydrogen-bond acceptors (Lipinski definition) is 3. The lowest BCUT2D eigenvalue weighted by Gasteiger charge is -2.38. The van der Waals surface area contributed by atoms with Crippen LogP contribution in [0.1, 0.15) is 39.2 Å². The van der Waals surface area contributed by atoms with Gasteiger partial charge in [0.25, 0.3) is 0 Å². The summed E-state index contributed by atoms with van der Waals surface area (Å²) in [6, 6.07) is 7.69. The lowest BCUT2D eigenvalue weighted by molar-refractivity contribution is 0.0207. The molecule has 132 valence electrons. The SMILES string of the molecule is Cc1ccc(N(C(=O)Cl)C2CCN(C(=O)OC(C)(C)C)CC2)cc1. The quantitative estimate of drug-likeness (QED) is 0.579. The van der Waals surface area contributed by atoms with Gasteiger partial charge in [-0.05, 0) is 64.3 Å². The molecule has 0 N–H and O–H groups in total. The van der Waals surface area contributed by atoms with Gasteiger partial charge < -0.3 is 9.64 Å². The Balaban J connectivity index is 2.02. The first-order valence-corrected chi connectivity index (χ1v) is 8.58. The average molecular weight is 353 g/mol. The minimum atomic E-state index is -0.506. The Labute approximate surface area is 148 Å². The fourth-order valence-electron chi connectivity index (χ4n) is 2.79. The van der Waals surface area contributed by atoms with Gasteiger partial charge in [0.1, 0.15) is 5.60 Å². The summed E-state index contributed by atoms with van der Waals surface area (Å²) in [6.07, 6.45) is 1.04. The molecule has 0 aliphatic carbocycles. The number of piperidine rings is 1. The van der Waals surface area contributed by atoms with Crippen LogP contribution in [0.2, 0.25) is 0 Å². The lowest BCUT2D eigenvalue weighted by Crippen LogP contribution is -2.48. The third kappa shape index (κ3) is 4.87. The number of aryl methyl sites for hydroxylation is 1. The molecule has 1 heterocycles. The predicted molar refractivity (Wildman–Crippen MR) is 95.7 cm³/mol. The number of carbonyl (C=O) groups is 2. The Hall–Kier alpha value is -1.75. The van der Waals surface area contributed by atoms with Gasteiger partial charge in [0.05, 0.1) is 0 Å². The van der Waals surface area contributed by atoms with Crippen molar-refractivity contribution in [2.24, 2.45) is 0 Å². The monoisotopic (exact) mass is 352 g/mol. The first kappa shape index (κ1) is 18.6. The number of likely N-dealkylation sites (tertiary alicyclic amines) is 1. The van der Waals surface area contributed by atoms with E-state index in [-0.39, 0.29) is 12.1 Å². The number of nitrogens with zero attached hydrogens (tertiary/aromatic N) is 2. The van der Waals surface area contributed by atoms with Crippen LogP contribution < -0.4 is 4.90 Å². The standard InChI is InChI=1S/C18H25ClN2O3/c1-13-5-7-14(8-6-13)21(16(19)22)15-9-11-20(12-10-15)17(23)24-18(2,3)4/h5-8,15H,9-12H2,1-4H3. The third-order valence-electron chi connectivity index (χ3n) is 3.98. The molecule has 1 saturated heterocycles. The van der Waals surface area contributed by atoms with Crippen molar-refractivity contribution < 1.29 is 14.3 Å². The molecule has 1 aliphatic heterocycles. The molecule has 1 fully saturated rings. The third-order valence-corrected chi connectivity index (χ3v) is 4.16. The Morgan fingerprint density at radius 1 is 1.17 bits per heavy atom. The van der Waals surface area contributed by atoms with E-state index < -0.39 is 11.0 Å². The molecule has 0 spiro atoms. The van der Waals surface area contributed by atoms with Gasteiger partial charge >= 0.3 is 11.5 Å². The molecule has 0 saturated carbocycles. The molecule has 0 radical (unpaired) electrons. The van der Waals surface area contributed by atoms with E-state index in [1.807, 2.05) is 52.0 Å². The molecule has 1 aromatic carbocycles. The Morgan fingerprint density at radius 3 is 2.17 bits per heavy atom. The molecular formula is C18H25ClN2O3. The van der Waals surface area contributed by atoms with Gasteiger partial charge in [-0.1, -0.05) is 17.7 Å². The van der Waals surface area contributed by atoms with Crippen LogP contribution in [0.5, 0.6) is 0 Å². The highest BCUT2D eigenvalue weighted by molar-refractivity contribution is 6.66. The zero-order valence-electron chi connectivity index (χ0n) is 14.7. The second-order valence-corrected chi connectivity index (χ2v) is 7.48. The van der Waals surface area contributed by atoms with Crippen molar-refractivity contribution in [1.29, 1.82) is 0 Å². The average Bonchev–Trinajstić information content (AvgIpc) is 2.48. The molecule has 1 aliphatic rings. The minimum Gasteiger partial charge on any atom is -0.444 e. The van der Waals surface area contributed by atoms with Crippen molar-refractivity contribution >= 4 is 28.7 Å². The van der Waals surface area contributed by atoms with Gasteiger partial charge in [0.15, 0.2) is 0 Å². The maximum absolute atomic E-state index is 12.1. The van der Waals surface area contributed by atoms with Gasteiger partial charge in [-0.15, -0.1) is 0 Å². The number of ether oxygens (including phenoxy) is 1. The van der Waals surface area contributed by atoms with Crippen molar-refractivity contribution in [3.63, 3.8) is 0 Å². The molecule has 0 unspecified atom stereocenters.